The maximum atomic E-state index is 11.9. The highest BCUT2D eigenvalue weighted by Crippen LogP contribution is 2.27. The number of hydrogen-bond donors (Lipinski definition) is 1. The zero-order chi connectivity index (χ0) is 14.6. The average Bonchev–Trinajstić information content (AvgIpc) is 2.20. The van der Waals surface area contributed by atoms with E-state index in [-0.39, 0.29) is 11.3 Å². The molecule has 1 aromatic rings. The lowest BCUT2D eigenvalue weighted by atomic mass is 9.84. The van der Waals surface area contributed by atoms with E-state index >= 15 is 0 Å². The van der Waals surface area contributed by atoms with Crippen LogP contribution in [0.5, 0.6) is 0 Å². The average molecular weight is 347 g/mol. The number of halogens is 2. The first-order valence-corrected chi connectivity index (χ1v) is 7.59. The molecule has 0 radical (unpaired) electrons. The molecule has 0 aromatic heterocycles. The third kappa shape index (κ3) is 6.44. The largest absolute Gasteiger partial charge is 0.326 e. The summed E-state index contributed by atoms with van der Waals surface area (Å²) in [5.74, 6) is 0.418. The van der Waals surface area contributed by atoms with E-state index in [9.17, 15) is 4.79 Å². The van der Waals surface area contributed by atoms with Crippen molar-refractivity contribution in [3.63, 3.8) is 0 Å². The van der Waals surface area contributed by atoms with Gasteiger partial charge in [0.1, 0.15) is 0 Å². The minimum Gasteiger partial charge on any atom is -0.326 e. The van der Waals surface area contributed by atoms with Gasteiger partial charge in [-0.15, -0.1) is 0 Å². The van der Waals surface area contributed by atoms with Gasteiger partial charge < -0.3 is 5.32 Å². The van der Waals surface area contributed by atoms with Gasteiger partial charge in [0.2, 0.25) is 5.91 Å². The Labute approximate surface area is 129 Å². The van der Waals surface area contributed by atoms with Crippen LogP contribution in [0.1, 0.15) is 40.5 Å². The van der Waals surface area contributed by atoms with Crippen molar-refractivity contribution < 1.29 is 4.79 Å². The van der Waals surface area contributed by atoms with Gasteiger partial charge in [-0.3, -0.25) is 4.79 Å². The fourth-order valence-corrected chi connectivity index (χ4v) is 2.72. The fraction of sp³-hybridized carbons (Fsp3) is 0.533. The molecule has 1 amide bonds. The molecule has 106 valence electrons. The molecule has 0 bridgehead atoms. The lowest BCUT2D eigenvalue weighted by Crippen LogP contribution is -2.18. The lowest BCUT2D eigenvalue weighted by Gasteiger charge is -2.22. The monoisotopic (exact) mass is 345 g/mol. The highest BCUT2D eigenvalue weighted by Gasteiger charge is 2.17. The van der Waals surface area contributed by atoms with Crippen molar-refractivity contribution in [2.24, 2.45) is 11.3 Å². The number of anilines is 1. The van der Waals surface area contributed by atoms with Gasteiger partial charge in [0.25, 0.3) is 0 Å². The van der Waals surface area contributed by atoms with Gasteiger partial charge in [0.05, 0.1) is 5.02 Å². The van der Waals surface area contributed by atoms with Crippen molar-refractivity contribution in [2.45, 2.75) is 40.5 Å². The van der Waals surface area contributed by atoms with Crippen LogP contribution in [0.25, 0.3) is 0 Å². The molecule has 1 aromatic carbocycles. The normalized spacial score (nSPS) is 13.2. The first-order chi connectivity index (χ1) is 8.67. The smallest absolute Gasteiger partial charge is 0.224 e. The van der Waals surface area contributed by atoms with Gasteiger partial charge >= 0.3 is 0 Å². The van der Waals surface area contributed by atoms with Crippen LogP contribution < -0.4 is 5.32 Å². The quantitative estimate of drug-likeness (QED) is 0.766. The van der Waals surface area contributed by atoms with Crippen molar-refractivity contribution >= 4 is 39.1 Å². The summed E-state index contributed by atoms with van der Waals surface area (Å²) in [7, 11) is 0. The molecular formula is C15H21BrClNO. The number of carbonyl (C=O) groups excluding carboxylic acids is 1. The Morgan fingerprint density at radius 2 is 2.05 bits per heavy atom. The Morgan fingerprint density at radius 3 is 2.58 bits per heavy atom. The Kier molecular flexibility index (Phi) is 5.87. The van der Waals surface area contributed by atoms with Gasteiger partial charge in [-0.05, 0) is 51.9 Å². The summed E-state index contributed by atoms with van der Waals surface area (Å²) in [6, 6.07) is 5.38. The molecule has 1 unspecified atom stereocenters. The number of carbonyl (C=O) groups is 1. The van der Waals surface area contributed by atoms with E-state index in [4.69, 9.17) is 11.6 Å². The Balaban J connectivity index is 2.53. The first-order valence-electron chi connectivity index (χ1n) is 6.42. The summed E-state index contributed by atoms with van der Waals surface area (Å²) in [6.45, 7) is 8.69. The molecular weight excluding hydrogens is 326 g/mol. The fourth-order valence-electron chi connectivity index (χ4n) is 2.22. The molecule has 0 aliphatic heterocycles. The van der Waals surface area contributed by atoms with Crippen molar-refractivity contribution in [3.8, 4) is 0 Å². The van der Waals surface area contributed by atoms with Gasteiger partial charge in [-0.2, -0.15) is 0 Å². The van der Waals surface area contributed by atoms with Crippen LogP contribution in [0.4, 0.5) is 5.69 Å². The molecule has 0 saturated heterocycles. The predicted octanol–water partition coefficient (Wildman–Crippen LogP) is 5.50. The number of rotatable bonds is 4. The van der Waals surface area contributed by atoms with Crippen molar-refractivity contribution in [2.75, 3.05) is 5.32 Å². The molecule has 1 rings (SSSR count). The summed E-state index contributed by atoms with van der Waals surface area (Å²) in [5, 5.41) is 3.54. The van der Waals surface area contributed by atoms with Crippen molar-refractivity contribution in [3.05, 3.63) is 27.7 Å². The summed E-state index contributed by atoms with van der Waals surface area (Å²) in [6.07, 6.45) is 1.57. The number of amides is 1. The van der Waals surface area contributed by atoms with E-state index in [0.717, 1.165) is 16.6 Å². The molecule has 0 aliphatic carbocycles. The Morgan fingerprint density at radius 1 is 1.42 bits per heavy atom. The maximum Gasteiger partial charge on any atom is 0.224 e. The third-order valence-electron chi connectivity index (χ3n) is 2.70. The zero-order valence-electron chi connectivity index (χ0n) is 11.9. The third-order valence-corrected chi connectivity index (χ3v) is 3.91. The van der Waals surface area contributed by atoms with E-state index in [1.165, 1.54) is 0 Å². The van der Waals surface area contributed by atoms with E-state index < -0.39 is 0 Å². The van der Waals surface area contributed by atoms with Crippen LogP contribution in [0.15, 0.2) is 22.7 Å². The minimum atomic E-state index is 0.0472. The number of hydrogen-bond acceptors (Lipinski definition) is 1. The van der Waals surface area contributed by atoms with Crippen LogP contribution >= 0.6 is 27.5 Å². The lowest BCUT2D eigenvalue weighted by molar-refractivity contribution is -0.117. The first kappa shape index (κ1) is 16.5. The Hall–Kier alpha value is -0.540. The molecule has 1 N–H and O–H groups in total. The van der Waals surface area contributed by atoms with Crippen LogP contribution in [0.3, 0.4) is 0 Å². The van der Waals surface area contributed by atoms with Gasteiger partial charge in [-0.25, -0.2) is 0 Å². The molecule has 4 heteroatoms. The molecule has 0 saturated carbocycles. The zero-order valence-corrected chi connectivity index (χ0v) is 14.2. The molecule has 2 nitrogen and oxygen atoms in total. The van der Waals surface area contributed by atoms with Crippen LogP contribution in [0.2, 0.25) is 5.02 Å². The standard InChI is InChI=1S/C15H21BrClNO/c1-10(9-15(2,3)4)7-14(19)18-11-5-6-13(17)12(16)8-11/h5-6,8,10H,7,9H2,1-4H3,(H,18,19). The molecule has 0 fully saturated rings. The van der Waals surface area contributed by atoms with Crippen molar-refractivity contribution in [1.29, 1.82) is 0 Å². The second kappa shape index (κ2) is 6.76. The minimum absolute atomic E-state index is 0.0472. The van der Waals surface area contributed by atoms with E-state index in [2.05, 4.69) is 48.9 Å². The molecule has 19 heavy (non-hydrogen) atoms. The second-order valence-electron chi connectivity index (χ2n) is 6.25. The molecule has 0 heterocycles. The SMILES string of the molecule is CC(CC(=O)Nc1ccc(Cl)c(Br)c1)CC(C)(C)C. The van der Waals surface area contributed by atoms with Crippen LogP contribution in [-0.4, -0.2) is 5.91 Å². The summed E-state index contributed by atoms with van der Waals surface area (Å²) in [5.41, 5.74) is 1.02. The van der Waals surface area contributed by atoms with E-state index in [0.29, 0.717) is 17.4 Å². The molecule has 1 atom stereocenters. The Bertz CT molecular complexity index is 454. The van der Waals surface area contributed by atoms with Crippen molar-refractivity contribution in [1.82, 2.24) is 0 Å². The van der Waals surface area contributed by atoms with Gasteiger partial charge in [-0.1, -0.05) is 39.3 Å². The predicted molar refractivity (Wildman–Crippen MR) is 85.6 cm³/mol. The molecule has 0 aliphatic rings. The second-order valence-corrected chi connectivity index (χ2v) is 7.51. The highest BCUT2D eigenvalue weighted by molar-refractivity contribution is 9.10. The summed E-state index contributed by atoms with van der Waals surface area (Å²) >= 11 is 9.26. The topological polar surface area (TPSA) is 29.1 Å². The number of benzene rings is 1. The van der Waals surface area contributed by atoms with Crippen LogP contribution in [0, 0.1) is 11.3 Å². The van der Waals surface area contributed by atoms with Gasteiger partial charge in [0, 0.05) is 16.6 Å². The highest BCUT2D eigenvalue weighted by atomic mass is 79.9. The molecule has 0 spiro atoms. The van der Waals surface area contributed by atoms with E-state index in [1.54, 1.807) is 12.1 Å². The number of nitrogens with one attached hydrogen (secondary N) is 1. The van der Waals surface area contributed by atoms with Crippen LogP contribution in [-0.2, 0) is 4.79 Å². The van der Waals surface area contributed by atoms with E-state index in [1.807, 2.05) is 6.07 Å². The maximum absolute atomic E-state index is 11.9. The summed E-state index contributed by atoms with van der Waals surface area (Å²) in [4.78, 5) is 11.9. The summed E-state index contributed by atoms with van der Waals surface area (Å²) < 4.78 is 0.787. The van der Waals surface area contributed by atoms with Gasteiger partial charge in [0.15, 0.2) is 0 Å².